The van der Waals surface area contributed by atoms with Crippen molar-refractivity contribution in [2.45, 2.75) is 0 Å². The van der Waals surface area contributed by atoms with Crippen LogP contribution in [0.4, 0.5) is 11.6 Å². The first kappa shape index (κ1) is 18.5. The Kier molecular flexibility index (Phi) is 5.25. The van der Waals surface area contributed by atoms with Crippen LogP contribution >= 0.6 is 0 Å². The first-order valence-corrected chi connectivity index (χ1v) is 7.86. The molecule has 1 aromatic heterocycles. The molecule has 11 nitrogen and oxygen atoms in total. The number of nitrogens with one attached hydrogen (secondary N) is 2. The summed E-state index contributed by atoms with van der Waals surface area (Å²) in [5.74, 6) is 0.196. The van der Waals surface area contributed by atoms with Gasteiger partial charge in [0.1, 0.15) is 5.75 Å². The number of benzene rings is 2. The van der Waals surface area contributed by atoms with E-state index in [0.717, 1.165) is 6.07 Å². The summed E-state index contributed by atoms with van der Waals surface area (Å²) in [6.45, 7) is 0. The molecule has 28 heavy (non-hydrogen) atoms. The Hall–Kier alpha value is -4.28. The molecule has 0 aliphatic heterocycles. The fraction of sp³-hybridized carbons (Fsp3) is 0.0588. The highest BCUT2D eigenvalue weighted by Crippen LogP contribution is 2.25. The van der Waals surface area contributed by atoms with E-state index in [9.17, 15) is 20.0 Å². The zero-order valence-corrected chi connectivity index (χ0v) is 14.5. The summed E-state index contributed by atoms with van der Waals surface area (Å²) in [6.07, 6.45) is 1.27. The predicted octanol–water partition coefficient (Wildman–Crippen LogP) is 1.90. The number of rotatable bonds is 6. The largest absolute Gasteiger partial charge is 0.502 e. The van der Waals surface area contributed by atoms with Crippen molar-refractivity contribution in [2.75, 3.05) is 12.5 Å². The number of aromatic hydroxyl groups is 1. The molecule has 0 aliphatic carbocycles. The number of phenolic OH excluding ortho intramolecular Hbond substituents is 1. The van der Waals surface area contributed by atoms with Crippen molar-refractivity contribution in [3.05, 3.63) is 68.5 Å². The second-order valence-electron chi connectivity index (χ2n) is 5.46. The lowest BCUT2D eigenvalue weighted by Crippen LogP contribution is -2.15. The Balaban J connectivity index is 1.74. The Morgan fingerprint density at radius 1 is 1.25 bits per heavy atom. The van der Waals surface area contributed by atoms with Crippen LogP contribution in [-0.4, -0.2) is 38.5 Å². The van der Waals surface area contributed by atoms with Crippen LogP contribution < -0.4 is 15.7 Å². The van der Waals surface area contributed by atoms with Gasteiger partial charge in [-0.05, 0) is 36.4 Å². The second-order valence-corrected chi connectivity index (χ2v) is 5.46. The lowest BCUT2D eigenvalue weighted by Gasteiger charge is -2.03. The number of H-pyrrole nitrogens is 1. The van der Waals surface area contributed by atoms with Gasteiger partial charge in [-0.25, -0.2) is 5.43 Å². The third kappa shape index (κ3) is 4.09. The molecular formula is C17H14N6O5. The number of hydrogen-bond donors (Lipinski definition) is 3. The molecule has 0 saturated carbocycles. The van der Waals surface area contributed by atoms with E-state index in [2.05, 4.69) is 25.7 Å². The number of hydrazone groups is 1. The van der Waals surface area contributed by atoms with Crippen LogP contribution in [-0.2, 0) is 0 Å². The molecule has 0 spiro atoms. The molecule has 0 unspecified atom stereocenters. The number of nitro benzene ring substituents is 1. The molecule has 0 radical (unpaired) electrons. The van der Waals surface area contributed by atoms with Crippen molar-refractivity contribution in [3.8, 4) is 22.8 Å². The van der Waals surface area contributed by atoms with Gasteiger partial charge in [0.25, 0.3) is 5.56 Å². The van der Waals surface area contributed by atoms with Crippen molar-refractivity contribution < 1.29 is 14.8 Å². The van der Waals surface area contributed by atoms with E-state index < -0.39 is 21.9 Å². The van der Waals surface area contributed by atoms with Crippen LogP contribution in [0, 0.1) is 10.1 Å². The Labute approximate surface area is 157 Å². The van der Waals surface area contributed by atoms with Crippen LogP contribution in [0.3, 0.4) is 0 Å². The number of aromatic nitrogens is 3. The van der Waals surface area contributed by atoms with Gasteiger partial charge in [0, 0.05) is 17.2 Å². The van der Waals surface area contributed by atoms with Crippen LogP contribution in [0.1, 0.15) is 5.56 Å². The summed E-state index contributed by atoms with van der Waals surface area (Å²) in [6, 6.07) is 10.5. The smallest absolute Gasteiger partial charge is 0.311 e. The Morgan fingerprint density at radius 2 is 2.00 bits per heavy atom. The van der Waals surface area contributed by atoms with Gasteiger partial charge in [-0.15, -0.1) is 10.2 Å². The second kappa shape index (κ2) is 7.95. The molecule has 0 amide bonds. The van der Waals surface area contributed by atoms with E-state index in [1.165, 1.54) is 18.3 Å². The fourth-order valence-electron chi connectivity index (χ4n) is 2.26. The van der Waals surface area contributed by atoms with Gasteiger partial charge in [-0.3, -0.25) is 19.9 Å². The molecule has 0 bridgehead atoms. The van der Waals surface area contributed by atoms with Gasteiger partial charge in [0.2, 0.25) is 5.95 Å². The van der Waals surface area contributed by atoms with E-state index in [0.29, 0.717) is 16.9 Å². The van der Waals surface area contributed by atoms with Crippen molar-refractivity contribution in [2.24, 2.45) is 5.10 Å². The molecule has 3 aromatic rings. The third-order valence-electron chi connectivity index (χ3n) is 3.64. The Bertz CT molecular complexity index is 1090. The topological polar surface area (TPSA) is 156 Å². The number of phenols is 1. The molecule has 2 aromatic carbocycles. The molecule has 0 aliphatic rings. The standard InChI is InChI=1S/C17H14N6O5/c1-28-12-5-3-11(4-6-12)15-16(25)19-17(22-20-15)21-18-9-10-2-7-14(24)13(8-10)23(26)27/h2-9,24H,1H3,(H2,19,21,22,25)/b18-9+. The van der Waals surface area contributed by atoms with Gasteiger partial charge in [-0.1, -0.05) is 0 Å². The zero-order chi connectivity index (χ0) is 20.1. The maximum atomic E-state index is 12.2. The van der Waals surface area contributed by atoms with Gasteiger partial charge in [0.15, 0.2) is 11.4 Å². The van der Waals surface area contributed by atoms with Gasteiger partial charge >= 0.3 is 5.69 Å². The average Bonchev–Trinajstić information content (AvgIpc) is 2.69. The number of hydrogen-bond acceptors (Lipinski definition) is 9. The van der Waals surface area contributed by atoms with Gasteiger partial charge in [-0.2, -0.15) is 5.10 Å². The summed E-state index contributed by atoms with van der Waals surface area (Å²) in [5.41, 5.74) is 2.63. The van der Waals surface area contributed by atoms with E-state index in [-0.39, 0.29) is 11.6 Å². The lowest BCUT2D eigenvalue weighted by atomic mass is 10.1. The quantitative estimate of drug-likeness (QED) is 0.331. The van der Waals surface area contributed by atoms with Crippen LogP contribution in [0.5, 0.6) is 11.5 Å². The summed E-state index contributed by atoms with van der Waals surface area (Å²) in [5, 5.41) is 31.8. The summed E-state index contributed by atoms with van der Waals surface area (Å²) >= 11 is 0. The molecule has 0 saturated heterocycles. The first-order valence-electron chi connectivity index (χ1n) is 7.86. The highest BCUT2D eigenvalue weighted by Gasteiger charge is 2.12. The molecule has 3 rings (SSSR count). The fourth-order valence-corrected chi connectivity index (χ4v) is 2.26. The molecule has 1 heterocycles. The number of methoxy groups -OCH3 is 1. The molecular weight excluding hydrogens is 368 g/mol. The molecule has 11 heteroatoms. The van der Waals surface area contributed by atoms with Gasteiger partial charge in [0.05, 0.1) is 18.2 Å². The number of aromatic amines is 1. The minimum atomic E-state index is -0.707. The highest BCUT2D eigenvalue weighted by atomic mass is 16.6. The zero-order valence-electron chi connectivity index (χ0n) is 14.5. The van der Waals surface area contributed by atoms with Crippen LogP contribution in [0.25, 0.3) is 11.3 Å². The number of anilines is 1. The minimum Gasteiger partial charge on any atom is -0.502 e. The van der Waals surface area contributed by atoms with E-state index in [1.54, 1.807) is 31.4 Å². The van der Waals surface area contributed by atoms with E-state index in [4.69, 9.17) is 4.74 Å². The summed E-state index contributed by atoms with van der Waals surface area (Å²) in [7, 11) is 1.54. The monoisotopic (exact) mass is 382 g/mol. The van der Waals surface area contributed by atoms with Crippen molar-refractivity contribution in [3.63, 3.8) is 0 Å². The van der Waals surface area contributed by atoms with Gasteiger partial charge < -0.3 is 9.84 Å². The normalized spacial score (nSPS) is 10.8. The minimum absolute atomic E-state index is 0.00760. The van der Waals surface area contributed by atoms with Crippen LogP contribution in [0.2, 0.25) is 0 Å². The maximum Gasteiger partial charge on any atom is 0.311 e. The summed E-state index contributed by atoms with van der Waals surface area (Å²) < 4.78 is 5.06. The number of ether oxygens (including phenoxy) is 1. The lowest BCUT2D eigenvalue weighted by molar-refractivity contribution is -0.385. The molecule has 3 N–H and O–H groups in total. The van der Waals surface area contributed by atoms with Crippen molar-refractivity contribution >= 4 is 17.9 Å². The number of nitro groups is 1. The summed E-state index contributed by atoms with van der Waals surface area (Å²) in [4.78, 5) is 24.8. The maximum absolute atomic E-state index is 12.2. The first-order chi connectivity index (χ1) is 13.5. The highest BCUT2D eigenvalue weighted by molar-refractivity contribution is 5.81. The van der Waals surface area contributed by atoms with E-state index >= 15 is 0 Å². The number of nitrogens with zero attached hydrogens (tertiary/aromatic N) is 4. The van der Waals surface area contributed by atoms with E-state index in [1.807, 2.05) is 0 Å². The average molecular weight is 382 g/mol. The molecule has 142 valence electrons. The van der Waals surface area contributed by atoms with Crippen molar-refractivity contribution in [1.29, 1.82) is 0 Å². The molecule has 0 atom stereocenters. The third-order valence-corrected chi connectivity index (χ3v) is 3.64. The predicted molar refractivity (Wildman–Crippen MR) is 101 cm³/mol. The Morgan fingerprint density at radius 3 is 2.64 bits per heavy atom. The molecule has 0 fully saturated rings. The SMILES string of the molecule is COc1ccc(-c2nnc(N/N=C/c3ccc(O)c([N+](=O)[O-])c3)[nH]c2=O)cc1. The van der Waals surface area contributed by atoms with Crippen LogP contribution in [0.15, 0.2) is 52.4 Å². The van der Waals surface area contributed by atoms with Crippen molar-refractivity contribution in [1.82, 2.24) is 15.2 Å².